The van der Waals surface area contributed by atoms with Gasteiger partial charge in [-0.2, -0.15) is 0 Å². The fraction of sp³-hybridized carbons (Fsp3) is 0.933. The first-order valence-electron chi connectivity index (χ1n) is 7.04. The Morgan fingerprint density at radius 1 is 1.24 bits per heavy atom. The van der Waals surface area contributed by atoms with Gasteiger partial charge in [0.2, 0.25) is 0 Å². The minimum Gasteiger partial charge on any atom is -0.465 e. The highest BCUT2D eigenvalue weighted by molar-refractivity contribution is 5.69. The van der Waals surface area contributed by atoms with E-state index in [1.165, 1.54) is 19.3 Å². The summed E-state index contributed by atoms with van der Waals surface area (Å²) in [5, 5.41) is 0. The van der Waals surface area contributed by atoms with Crippen molar-refractivity contribution in [3.63, 3.8) is 0 Å². The number of hydrogen-bond acceptors (Lipinski definition) is 2. The smallest absolute Gasteiger partial charge is 0.305 e. The summed E-state index contributed by atoms with van der Waals surface area (Å²) in [6.07, 6.45) is 6.18. The summed E-state index contributed by atoms with van der Waals surface area (Å²) in [6.45, 7) is 11.4. The first-order valence-corrected chi connectivity index (χ1v) is 7.04. The van der Waals surface area contributed by atoms with Crippen LogP contribution in [-0.4, -0.2) is 12.6 Å². The van der Waals surface area contributed by atoms with Crippen molar-refractivity contribution >= 4 is 5.97 Å². The highest BCUT2D eigenvalue weighted by Gasteiger charge is 2.15. The van der Waals surface area contributed by atoms with Gasteiger partial charge in [0.15, 0.2) is 0 Å². The highest BCUT2D eigenvalue weighted by Crippen LogP contribution is 2.21. The van der Waals surface area contributed by atoms with E-state index in [1.54, 1.807) is 0 Å². The van der Waals surface area contributed by atoms with Crippen molar-refractivity contribution in [2.45, 2.75) is 73.1 Å². The Labute approximate surface area is 107 Å². The summed E-state index contributed by atoms with van der Waals surface area (Å²) in [7, 11) is 0. The first-order chi connectivity index (χ1) is 7.89. The van der Waals surface area contributed by atoms with Gasteiger partial charge in [-0.3, -0.25) is 4.79 Å². The van der Waals surface area contributed by atoms with Crippen molar-refractivity contribution in [2.24, 2.45) is 11.3 Å². The minimum atomic E-state index is -0.0325. The second kappa shape index (κ2) is 8.54. The second-order valence-electron chi connectivity index (χ2n) is 6.16. The van der Waals surface area contributed by atoms with Crippen molar-refractivity contribution in [2.75, 3.05) is 6.61 Å². The van der Waals surface area contributed by atoms with Crippen molar-refractivity contribution in [1.29, 1.82) is 0 Å². The lowest BCUT2D eigenvalue weighted by atomic mass is 9.91. The van der Waals surface area contributed by atoms with Crippen LogP contribution in [0.2, 0.25) is 0 Å². The van der Waals surface area contributed by atoms with Crippen LogP contribution in [0.3, 0.4) is 0 Å². The van der Waals surface area contributed by atoms with E-state index < -0.39 is 0 Å². The van der Waals surface area contributed by atoms with Gasteiger partial charge in [0.05, 0.1) is 6.61 Å². The standard InChI is InChI=1S/C15H30O2/c1-6-8-9-13(7-2)12-17-14(16)10-11-15(3,4)5/h13H,6-12H2,1-5H3. The fourth-order valence-corrected chi connectivity index (χ4v) is 1.66. The molecule has 2 nitrogen and oxygen atoms in total. The summed E-state index contributed by atoms with van der Waals surface area (Å²) >= 11 is 0. The average Bonchev–Trinajstić information content (AvgIpc) is 2.25. The molecule has 2 heteroatoms. The Hall–Kier alpha value is -0.530. The van der Waals surface area contributed by atoms with Crippen LogP contribution < -0.4 is 0 Å². The van der Waals surface area contributed by atoms with Crippen LogP contribution in [0.5, 0.6) is 0 Å². The van der Waals surface area contributed by atoms with Crippen LogP contribution in [-0.2, 0) is 9.53 Å². The normalized spacial score (nSPS) is 13.5. The summed E-state index contributed by atoms with van der Waals surface area (Å²) in [5.41, 5.74) is 0.214. The van der Waals surface area contributed by atoms with Crippen LogP contribution in [0.4, 0.5) is 0 Å². The fourth-order valence-electron chi connectivity index (χ4n) is 1.66. The number of unbranched alkanes of at least 4 members (excludes halogenated alkanes) is 1. The molecule has 0 aliphatic heterocycles. The van der Waals surface area contributed by atoms with Crippen LogP contribution in [0.25, 0.3) is 0 Å². The molecule has 0 aliphatic carbocycles. The van der Waals surface area contributed by atoms with E-state index in [0.717, 1.165) is 12.8 Å². The molecule has 0 radical (unpaired) electrons. The SMILES string of the molecule is CCCCC(CC)COC(=O)CCC(C)(C)C. The molecule has 1 unspecified atom stereocenters. The number of hydrogen-bond donors (Lipinski definition) is 0. The summed E-state index contributed by atoms with van der Waals surface area (Å²) < 4.78 is 5.35. The quantitative estimate of drug-likeness (QED) is 0.583. The van der Waals surface area contributed by atoms with Gasteiger partial charge in [-0.05, 0) is 24.2 Å². The third kappa shape index (κ3) is 10.3. The minimum absolute atomic E-state index is 0.0325. The van der Waals surface area contributed by atoms with Crippen LogP contribution in [0.15, 0.2) is 0 Å². The van der Waals surface area contributed by atoms with E-state index in [9.17, 15) is 4.79 Å². The van der Waals surface area contributed by atoms with Crippen molar-refractivity contribution in [3.8, 4) is 0 Å². The number of carbonyl (C=O) groups excluding carboxylic acids is 1. The molecule has 0 saturated heterocycles. The van der Waals surface area contributed by atoms with Gasteiger partial charge in [0, 0.05) is 6.42 Å². The molecular formula is C15H30O2. The molecule has 102 valence electrons. The van der Waals surface area contributed by atoms with Gasteiger partial charge in [-0.1, -0.05) is 53.9 Å². The Kier molecular flexibility index (Phi) is 8.28. The van der Waals surface area contributed by atoms with E-state index >= 15 is 0 Å². The Balaban J connectivity index is 3.73. The Morgan fingerprint density at radius 3 is 2.35 bits per heavy atom. The third-order valence-electron chi connectivity index (χ3n) is 3.10. The van der Waals surface area contributed by atoms with E-state index in [4.69, 9.17) is 4.74 Å². The molecule has 0 saturated carbocycles. The Morgan fingerprint density at radius 2 is 1.88 bits per heavy atom. The molecule has 0 heterocycles. The van der Waals surface area contributed by atoms with E-state index in [1.807, 2.05) is 0 Å². The maximum Gasteiger partial charge on any atom is 0.305 e. The molecule has 0 aliphatic rings. The predicted molar refractivity (Wildman–Crippen MR) is 73.0 cm³/mol. The molecule has 0 aromatic carbocycles. The zero-order valence-electron chi connectivity index (χ0n) is 12.3. The van der Waals surface area contributed by atoms with Crippen LogP contribution in [0.1, 0.15) is 73.1 Å². The molecule has 0 aromatic heterocycles. The molecule has 0 aromatic rings. The molecular weight excluding hydrogens is 212 g/mol. The van der Waals surface area contributed by atoms with Gasteiger partial charge in [-0.25, -0.2) is 0 Å². The number of rotatable bonds is 8. The molecule has 0 N–H and O–H groups in total. The summed E-state index contributed by atoms with van der Waals surface area (Å²) in [6, 6.07) is 0. The lowest BCUT2D eigenvalue weighted by molar-refractivity contribution is -0.145. The molecule has 17 heavy (non-hydrogen) atoms. The zero-order chi connectivity index (χ0) is 13.3. The molecule has 0 amide bonds. The van der Waals surface area contributed by atoms with E-state index in [2.05, 4.69) is 34.6 Å². The number of esters is 1. The average molecular weight is 242 g/mol. The molecule has 0 fully saturated rings. The number of ether oxygens (including phenoxy) is 1. The summed E-state index contributed by atoms with van der Waals surface area (Å²) in [4.78, 5) is 11.6. The number of carbonyl (C=O) groups is 1. The van der Waals surface area contributed by atoms with E-state index in [-0.39, 0.29) is 11.4 Å². The van der Waals surface area contributed by atoms with Gasteiger partial charge < -0.3 is 4.74 Å². The predicted octanol–water partition coefficient (Wildman–Crippen LogP) is 4.57. The monoisotopic (exact) mass is 242 g/mol. The first kappa shape index (κ1) is 16.5. The molecule has 0 spiro atoms. The molecule has 0 rings (SSSR count). The lowest BCUT2D eigenvalue weighted by Gasteiger charge is -2.18. The van der Waals surface area contributed by atoms with Crippen molar-refractivity contribution in [3.05, 3.63) is 0 Å². The van der Waals surface area contributed by atoms with Gasteiger partial charge in [-0.15, -0.1) is 0 Å². The van der Waals surface area contributed by atoms with Crippen molar-refractivity contribution in [1.82, 2.24) is 0 Å². The van der Waals surface area contributed by atoms with Crippen molar-refractivity contribution < 1.29 is 9.53 Å². The maximum atomic E-state index is 11.6. The zero-order valence-corrected chi connectivity index (χ0v) is 12.3. The summed E-state index contributed by atoms with van der Waals surface area (Å²) in [5.74, 6) is 0.517. The highest BCUT2D eigenvalue weighted by atomic mass is 16.5. The van der Waals surface area contributed by atoms with Gasteiger partial charge in [0.25, 0.3) is 0 Å². The van der Waals surface area contributed by atoms with E-state index in [0.29, 0.717) is 18.9 Å². The largest absolute Gasteiger partial charge is 0.465 e. The molecule has 1 atom stereocenters. The van der Waals surface area contributed by atoms with Gasteiger partial charge in [0.1, 0.15) is 0 Å². The lowest BCUT2D eigenvalue weighted by Crippen LogP contribution is -2.16. The topological polar surface area (TPSA) is 26.3 Å². The third-order valence-corrected chi connectivity index (χ3v) is 3.10. The maximum absolute atomic E-state index is 11.6. The van der Waals surface area contributed by atoms with Gasteiger partial charge >= 0.3 is 5.97 Å². The second-order valence-corrected chi connectivity index (χ2v) is 6.16. The Bertz CT molecular complexity index is 203. The van der Waals surface area contributed by atoms with Crippen LogP contribution >= 0.6 is 0 Å². The molecule has 0 bridgehead atoms. The van der Waals surface area contributed by atoms with Crippen LogP contribution in [0, 0.1) is 11.3 Å².